The third kappa shape index (κ3) is 6.78. The van der Waals surface area contributed by atoms with Gasteiger partial charge in [0.15, 0.2) is 0 Å². The summed E-state index contributed by atoms with van der Waals surface area (Å²) in [6.07, 6.45) is 4.78. The second kappa shape index (κ2) is 12.2. The van der Waals surface area contributed by atoms with Gasteiger partial charge in [-0.05, 0) is 69.6 Å². The molecular weight excluding hydrogens is 518 g/mol. The summed E-state index contributed by atoms with van der Waals surface area (Å²) in [5.74, 6) is -0.939. The van der Waals surface area contributed by atoms with E-state index < -0.39 is 29.7 Å². The van der Waals surface area contributed by atoms with Gasteiger partial charge in [0.1, 0.15) is 17.7 Å². The molecule has 1 aliphatic carbocycles. The van der Waals surface area contributed by atoms with E-state index in [1.54, 1.807) is 25.7 Å². The SMILES string of the molecule is CC(C)(C)OC(=O)NC(C(=O)N1CCCC1C(=O)NC1CCc2[nH]ncc2C1)C(c1ccccc1)c1ccccc1. The molecule has 216 valence electrons. The fourth-order valence-corrected chi connectivity index (χ4v) is 5.94. The number of hydrogen-bond acceptors (Lipinski definition) is 5. The topological polar surface area (TPSA) is 116 Å². The van der Waals surface area contributed by atoms with E-state index in [1.165, 1.54) is 0 Å². The number of nitrogens with zero attached hydrogens (tertiary/aromatic N) is 2. The van der Waals surface area contributed by atoms with Crippen molar-refractivity contribution >= 4 is 17.9 Å². The summed E-state index contributed by atoms with van der Waals surface area (Å²) in [4.78, 5) is 42.8. The van der Waals surface area contributed by atoms with Crippen LogP contribution in [0.25, 0.3) is 0 Å². The highest BCUT2D eigenvalue weighted by Crippen LogP contribution is 2.31. The number of carbonyl (C=O) groups is 3. The van der Waals surface area contributed by atoms with E-state index in [1.807, 2.05) is 66.9 Å². The summed E-state index contributed by atoms with van der Waals surface area (Å²) in [6, 6.07) is 17.7. The van der Waals surface area contributed by atoms with Crippen LogP contribution in [-0.4, -0.2) is 63.3 Å². The standard InChI is InChI=1S/C32H39N5O4/c1-32(2,3)41-31(40)35-28(27(21-11-6-4-7-12-21)22-13-8-5-9-14-22)30(39)37-18-10-15-26(37)29(38)34-24-16-17-25-23(19-24)20-33-36-25/h4-9,11-14,20,24,26-28H,10,15-19H2,1-3H3,(H,33,36)(H,34,38)(H,35,40). The van der Waals surface area contributed by atoms with E-state index >= 15 is 0 Å². The summed E-state index contributed by atoms with van der Waals surface area (Å²) in [7, 11) is 0. The van der Waals surface area contributed by atoms with Crippen LogP contribution in [0.1, 0.15) is 68.3 Å². The Balaban J connectivity index is 1.42. The third-order valence-electron chi connectivity index (χ3n) is 7.79. The minimum Gasteiger partial charge on any atom is -0.444 e. The number of rotatable bonds is 7. The molecule has 2 aliphatic rings. The van der Waals surface area contributed by atoms with Crippen molar-refractivity contribution in [2.45, 2.75) is 82.5 Å². The highest BCUT2D eigenvalue weighted by Gasteiger charge is 2.42. The van der Waals surface area contributed by atoms with Gasteiger partial charge in [0.05, 0.1) is 6.20 Å². The van der Waals surface area contributed by atoms with Crippen LogP contribution in [0.15, 0.2) is 66.9 Å². The van der Waals surface area contributed by atoms with Gasteiger partial charge in [-0.2, -0.15) is 5.10 Å². The molecule has 5 rings (SSSR count). The molecule has 2 aromatic carbocycles. The molecule has 1 aliphatic heterocycles. The molecular formula is C32H39N5O4. The Morgan fingerprint density at radius 2 is 1.66 bits per heavy atom. The van der Waals surface area contributed by atoms with Crippen molar-refractivity contribution in [2.75, 3.05) is 6.54 Å². The summed E-state index contributed by atoms with van der Waals surface area (Å²) < 4.78 is 5.59. The lowest BCUT2D eigenvalue weighted by Gasteiger charge is -2.34. The number of aromatic amines is 1. The number of likely N-dealkylation sites (tertiary alicyclic amines) is 1. The predicted molar refractivity (Wildman–Crippen MR) is 155 cm³/mol. The highest BCUT2D eigenvalue weighted by molar-refractivity contribution is 5.93. The Labute approximate surface area is 241 Å². The lowest BCUT2D eigenvalue weighted by Crippen LogP contribution is -2.57. The molecule has 9 nitrogen and oxygen atoms in total. The van der Waals surface area contributed by atoms with Crippen LogP contribution in [0.5, 0.6) is 0 Å². The van der Waals surface area contributed by atoms with Crippen LogP contribution >= 0.6 is 0 Å². The number of aryl methyl sites for hydroxylation is 1. The maximum atomic E-state index is 14.4. The van der Waals surface area contributed by atoms with E-state index in [4.69, 9.17) is 4.74 Å². The average molecular weight is 558 g/mol. The Hall–Kier alpha value is -4.14. The van der Waals surface area contributed by atoms with Gasteiger partial charge in [-0.1, -0.05) is 60.7 Å². The van der Waals surface area contributed by atoms with E-state index in [0.29, 0.717) is 25.8 Å². The molecule has 3 aromatic rings. The molecule has 9 heteroatoms. The first-order valence-corrected chi connectivity index (χ1v) is 14.4. The average Bonchev–Trinajstić information content (AvgIpc) is 3.62. The number of nitrogens with one attached hydrogen (secondary N) is 3. The van der Waals surface area contributed by atoms with Crippen LogP contribution < -0.4 is 10.6 Å². The monoisotopic (exact) mass is 557 g/mol. The third-order valence-corrected chi connectivity index (χ3v) is 7.79. The van der Waals surface area contributed by atoms with Gasteiger partial charge in [0, 0.05) is 24.2 Å². The van der Waals surface area contributed by atoms with Crippen molar-refractivity contribution in [3.8, 4) is 0 Å². The first-order valence-electron chi connectivity index (χ1n) is 14.4. The molecule has 1 aromatic heterocycles. The number of H-pyrrole nitrogens is 1. The maximum Gasteiger partial charge on any atom is 0.408 e. The molecule has 1 fully saturated rings. The number of amides is 3. The van der Waals surface area contributed by atoms with E-state index in [2.05, 4.69) is 20.8 Å². The van der Waals surface area contributed by atoms with Crippen molar-refractivity contribution in [1.82, 2.24) is 25.7 Å². The normalized spacial score (nSPS) is 19.4. The number of carbonyl (C=O) groups excluding carboxylic acids is 3. The van der Waals surface area contributed by atoms with Crippen molar-refractivity contribution in [3.63, 3.8) is 0 Å². The first-order chi connectivity index (χ1) is 19.7. The first kappa shape index (κ1) is 28.4. The van der Waals surface area contributed by atoms with Crippen LogP contribution in [0.3, 0.4) is 0 Å². The molecule has 0 bridgehead atoms. The van der Waals surface area contributed by atoms with E-state index in [0.717, 1.165) is 35.2 Å². The smallest absolute Gasteiger partial charge is 0.408 e. The number of alkyl carbamates (subject to hydrolysis) is 1. The highest BCUT2D eigenvalue weighted by atomic mass is 16.6. The number of hydrogen-bond donors (Lipinski definition) is 3. The van der Waals surface area contributed by atoms with E-state index in [9.17, 15) is 14.4 Å². The van der Waals surface area contributed by atoms with Crippen LogP contribution in [0, 0.1) is 0 Å². The zero-order valence-corrected chi connectivity index (χ0v) is 23.9. The van der Waals surface area contributed by atoms with Gasteiger partial charge in [0.25, 0.3) is 0 Å². The molecule has 3 unspecified atom stereocenters. The number of benzene rings is 2. The second-order valence-electron chi connectivity index (χ2n) is 11.9. The summed E-state index contributed by atoms with van der Waals surface area (Å²) in [5, 5.41) is 13.2. The molecule has 3 atom stereocenters. The van der Waals surface area contributed by atoms with Crippen molar-refractivity contribution in [1.29, 1.82) is 0 Å². The molecule has 41 heavy (non-hydrogen) atoms. The van der Waals surface area contributed by atoms with Gasteiger partial charge in [-0.3, -0.25) is 14.7 Å². The largest absolute Gasteiger partial charge is 0.444 e. The van der Waals surface area contributed by atoms with Crippen LogP contribution in [0.4, 0.5) is 4.79 Å². The fraction of sp³-hybridized carbons (Fsp3) is 0.438. The van der Waals surface area contributed by atoms with E-state index in [-0.39, 0.29) is 17.9 Å². The Bertz CT molecular complexity index is 1310. The summed E-state index contributed by atoms with van der Waals surface area (Å²) in [5.41, 5.74) is 3.27. The summed E-state index contributed by atoms with van der Waals surface area (Å²) >= 11 is 0. The van der Waals surface area contributed by atoms with Gasteiger partial charge in [-0.15, -0.1) is 0 Å². The zero-order chi connectivity index (χ0) is 29.0. The minimum absolute atomic E-state index is 0.0118. The Kier molecular flexibility index (Phi) is 8.42. The second-order valence-corrected chi connectivity index (χ2v) is 11.9. The molecule has 3 N–H and O–H groups in total. The number of ether oxygens (including phenoxy) is 1. The molecule has 0 radical (unpaired) electrons. The van der Waals surface area contributed by atoms with Crippen molar-refractivity contribution in [2.24, 2.45) is 0 Å². The van der Waals surface area contributed by atoms with Gasteiger partial charge < -0.3 is 20.3 Å². The van der Waals surface area contributed by atoms with Crippen LogP contribution in [0.2, 0.25) is 0 Å². The molecule has 1 saturated heterocycles. The fourth-order valence-electron chi connectivity index (χ4n) is 5.94. The lowest BCUT2D eigenvalue weighted by molar-refractivity contribution is -0.140. The minimum atomic E-state index is -0.980. The van der Waals surface area contributed by atoms with Gasteiger partial charge >= 0.3 is 6.09 Å². The van der Waals surface area contributed by atoms with Gasteiger partial charge in [-0.25, -0.2) is 4.79 Å². The Morgan fingerprint density at radius 1 is 1.00 bits per heavy atom. The number of aromatic nitrogens is 2. The van der Waals surface area contributed by atoms with Crippen molar-refractivity contribution in [3.05, 3.63) is 89.2 Å². The lowest BCUT2D eigenvalue weighted by atomic mass is 9.84. The number of fused-ring (bicyclic) bond motifs is 1. The van der Waals surface area contributed by atoms with Crippen molar-refractivity contribution < 1.29 is 19.1 Å². The molecule has 2 heterocycles. The molecule has 0 spiro atoms. The molecule has 0 saturated carbocycles. The van der Waals surface area contributed by atoms with Gasteiger partial charge in [0.2, 0.25) is 11.8 Å². The van der Waals surface area contributed by atoms with Crippen LogP contribution in [-0.2, 0) is 27.2 Å². The Morgan fingerprint density at radius 3 is 2.29 bits per heavy atom. The zero-order valence-electron chi connectivity index (χ0n) is 23.9. The molecule has 3 amide bonds. The summed E-state index contributed by atoms with van der Waals surface area (Å²) in [6.45, 7) is 5.80. The quantitative estimate of drug-likeness (QED) is 0.405. The maximum absolute atomic E-state index is 14.4. The predicted octanol–water partition coefficient (Wildman–Crippen LogP) is 4.10.